The maximum atomic E-state index is 11.4. The molecule has 1 rings (SSSR count). The van der Waals surface area contributed by atoms with Gasteiger partial charge < -0.3 is 10.1 Å². The number of nitrogens with one attached hydrogen (secondary N) is 1. The zero-order valence-electron chi connectivity index (χ0n) is 11.0. The second kappa shape index (κ2) is 6.79. The van der Waals surface area contributed by atoms with E-state index in [9.17, 15) is 9.59 Å². The number of carbonyl (C=O) groups excluding carboxylic acids is 2. The number of hydrogen-bond acceptors (Lipinski definition) is 3. The molecule has 0 aromatic heterocycles. The molecule has 1 atom stereocenters. The number of benzene rings is 1. The van der Waals surface area contributed by atoms with Gasteiger partial charge in [0.05, 0.1) is 6.61 Å². The molecule has 0 saturated carbocycles. The van der Waals surface area contributed by atoms with Gasteiger partial charge in [-0.15, -0.1) is 0 Å². The molecule has 1 aromatic rings. The fourth-order valence-electron chi connectivity index (χ4n) is 1.51. The molecular formula is C14H19NO3. The van der Waals surface area contributed by atoms with E-state index in [-0.39, 0.29) is 6.61 Å². The first kappa shape index (κ1) is 14.2. The van der Waals surface area contributed by atoms with Crippen molar-refractivity contribution >= 4 is 17.6 Å². The van der Waals surface area contributed by atoms with Gasteiger partial charge in [-0.1, -0.05) is 26.0 Å². The molecule has 0 saturated heterocycles. The van der Waals surface area contributed by atoms with Gasteiger partial charge in [-0.25, -0.2) is 4.79 Å². The molecule has 4 nitrogen and oxygen atoms in total. The molecule has 0 aliphatic rings. The van der Waals surface area contributed by atoms with Crippen molar-refractivity contribution in [3.63, 3.8) is 0 Å². The molecular weight excluding hydrogens is 230 g/mol. The summed E-state index contributed by atoms with van der Waals surface area (Å²) in [5.74, 6) is -1.11. The van der Waals surface area contributed by atoms with Crippen LogP contribution in [0.15, 0.2) is 24.3 Å². The number of hydrogen-bond donors (Lipinski definition) is 1. The largest absolute Gasteiger partial charge is 0.459 e. The summed E-state index contributed by atoms with van der Waals surface area (Å²) in [4.78, 5) is 22.5. The van der Waals surface area contributed by atoms with Gasteiger partial charge in [-0.2, -0.15) is 0 Å². The van der Waals surface area contributed by atoms with Gasteiger partial charge in [0.2, 0.25) is 0 Å². The summed E-state index contributed by atoms with van der Waals surface area (Å²) in [5, 5.41) is 2.50. The Morgan fingerprint density at radius 2 is 1.83 bits per heavy atom. The van der Waals surface area contributed by atoms with E-state index in [1.807, 2.05) is 12.1 Å². The average Bonchev–Trinajstić information content (AvgIpc) is 2.39. The zero-order valence-corrected chi connectivity index (χ0v) is 11.0. The molecule has 0 fully saturated rings. The van der Waals surface area contributed by atoms with Gasteiger partial charge in [0.1, 0.15) is 0 Å². The summed E-state index contributed by atoms with van der Waals surface area (Å²) in [6, 6.07) is 7.49. The highest BCUT2D eigenvalue weighted by atomic mass is 16.5. The quantitative estimate of drug-likeness (QED) is 0.659. The van der Waals surface area contributed by atoms with Crippen LogP contribution in [-0.4, -0.2) is 18.5 Å². The fraction of sp³-hybridized carbons (Fsp3) is 0.429. The van der Waals surface area contributed by atoms with Crippen LogP contribution < -0.4 is 5.32 Å². The molecule has 1 unspecified atom stereocenters. The van der Waals surface area contributed by atoms with Crippen LogP contribution in [-0.2, 0) is 14.3 Å². The van der Waals surface area contributed by atoms with Crippen LogP contribution in [0.2, 0.25) is 0 Å². The van der Waals surface area contributed by atoms with E-state index in [0.717, 1.165) is 6.42 Å². The lowest BCUT2D eigenvalue weighted by atomic mass is 9.99. The van der Waals surface area contributed by atoms with Crippen molar-refractivity contribution in [3.8, 4) is 0 Å². The maximum absolute atomic E-state index is 11.4. The molecule has 1 amide bonds. The number of amides is 1. The number of carbonyl (C=O) groups is 2. The Balaban J connectivity index is 2.64. The Kier molecular flexibility index (Phi) is 5.36. The number of ether oxygens (including phenoxy) is 1. The monoisotopic (exact) mass is 249 g/mol. The summed E-state index contributed by atoms with van der Waals surface area (Å²) in [7, 11) is 0. The number of esters is 1. The molecule has 18 heavy (non-hydrogen) atoms. The standard InChI is InChI=1S/C14H19NO3/c1-4-10(3)11-6-8-12(9-7-11)15-13(16)14(17)18-5-2/h6-10H,4-5H2,1-3H3,(H,15,16). The second-order valence-corrected chi connectivity index (χ2v) is 4.11. The lowest BCUT2D eigenvalue weighted by Crippen LogP contribution is -2.24. The molecule has 1 N–H and O–H groups in total. The van der Waals surface area contributed by atoms with Crippen molar-refractivity contribution in [1.29, 1.82) is 0 Å². The minimum absolute atomic E-state index is 0.194. The van der Waals surface area contributed by atoms with Crippen LogP contribution in [0.5, 0.6) is 0 Å². The van der Waals surface area contributed by atoms with E-state index in [0.29, 0.717) is 11.6 Å². The fourth-order valence-corrected chi connectivity index (χ4v) is 1.51. The molecule has 0 aliphatic heterocycles. The first-order valence-corrected chi connectivity index (χ1v) is 6.16. The molecule has 0 heterocycles. The van der Waals surface area contributed by atoms with Gasteiger partial charge in [0, 0.05) is 5.69 Å². The van der Waals surface area contributed by atoms with E-state index in [4.69, 9.17) is 0 Å². The molecule has 4 heteroatoms. The Morgan fingerprint density at radius 3 is 2.33 bits per heavy atom. The van der Waals surface area contributed by atoms with Crippen LogP contribution >= 0.6 is 0 Å². The lowest BCUT2D eigenvalue weighted by molar-refractivity contribution is -0.152. The van der Waals surface area contributed by atoms with Gasteiger partial charge in [0.25, 0.3) is 0 Å². The third-order valence-corrected chi connectivity index (χ3v) is 2.81. The highest BCUT2D eigenvalue weighted by molar-refractivity contribution is 6.37. The van der Waals surface area contributed by atoms with Crippen molar-refractivity contribution < 1.29 is 14.3 Å². The SMILES string of the molecule is CCOC(=O)C(=O)Nc1ccc(C(C)CC)cc1. The van der Waals surface area contributed by atoms with Crippen molar-refractivity contribution in [2.24, 2.45) is 0 Å². The highest BCUT2D eigenvalue weighted by Gasteiger charge is 2.14. The number of anilines is 1. The topological polar surface area (TPSA) is 55.4 Å². The van der Waals surface area contributed by atoms with Crippen LogP contribution in [0.1, 0.15) is 38.7 Å². The third-order valence-electron chi connectivity index (χ3n) is 2.81. The van der Waals surface area contributed by atoms with Crippen molar-refractivity contribution in [2.45, 2.75) is 33.1 Å². The van der Waals surface area contributed by atoms with E-state index < -0.39 is 11.9 Å². The average molecular weight is 249 g/mol. The van der Waals surface area contributed by atoms with E-state index >= 15 is 0 Å². The highest BCUT2D eigenvalue weighted by Crippen LogP contribution is 2.20. The zero-order chi connectivity index (χ0) is 13.5. The first-order valence-electron chi connectivity index (χ1n) is 6.16. The minimum atomic E-state index is -0.858. The van der Waals surface area contributed by atoms with Crippen LogP contribution in [0.3, 0.4) is 0 Å². The number of rotatable bonds is 4. The van der Waals surface area contributed by atoms with Crippen molar-refractivity contribution in [3.05, 3.63) is 29.8 Å². The van der Waals surface area contributed by atoms with E-state index in [1.54, 1.807) is 19.1 Å². The normalized spacial score (nSPS) is 11.7. The summed E-state index contributed by atoms with van der Waals surface area (Å²) >= 11 is 0. The second-order valence-electron chi connectivity index (χ2n) is 4.11. The van der Waals surface area contributed by atoms with Crippen molar-refractivity contribution in [2.75, 3.05) is 11.9 Å². The summed E-state index contributed by atoms with van der Waals surface area (Å²) in [5.41, 5.74) is 1.81. The Hall–Kier alpha value is -1.84. The smallest absolute Gasteiger partial charge is 0.397 e. The summed E-state index contributed by atoms with van der Waals surface area (Å²) < 4.78 is 4.60. The Morgan fingerprint density at radius 1 is 1.22 bits per heavy atom. The van der Waals surface area contributed by atoms with Gasteiger partial charge in [-0.05, 0) is 37.0 Å². The summed E-state index contributed by atoms with van der Waals surface area (Å²) in [6.07, 6.45) is 1.06. The Labute approximate surface area is 107 Å². The van der Waals surface area contributed by atoms with Gasteiger partial charge >= 0.3 is 11.9 Å². The third kappa shape index (κ3) is 3.87. The minimum Gasteiger partial charge on any atom is -0.459 e. The molecule has 98 valence electrons. The van der Waals surface area contributed by atoms with Crippen LogP contribution in [0.25, 0.3) is 0 Å². The summed E-state index contributed by atoms with van der Waals surface area (Å²) in [6.45, 7) is 6.12. The predicted molar refractivity (Wildman–Crippen MR) is 70.4 cm³/mol. The maximum Gasteiger partial charge on any atom is 0.397 e. The van der Waals surface area contributed by atoms with Gasteiger partial charge in [0.15, 0.2) is 0 Å². The van der Waals surface area contributed by atoms with Crippen LogP contribution in [0, 0.1) is 0 Å². The van der Waals surface area contributed by atoms with Gasteiger partial charge in [-0.3, -0.25) is 4.79 Å². The molecule has 0 aliphatic carbocycles. The molecule has 0 bridgehead atoms. The molecule has 0 radical (unpaired) electrons. The Bertz CT molecular complexity index is 412. The van der Waals surface area contributed by atoms with Crippen LogP contribution in [0.4, 0.5) is 5.69 Å². The van der Waals surface area contributed by atoms with E-state index in [1.165, 1.54) is 5.56 Å². The first-order chi connectivity index (χ1) is 8.58. The van der Waals surface area contributed by atoms with Crippen molar-refractivity contribution in [1.82, 2.24) is 0 Å². The molecule has 1 aromatic carbocycles. The predicted octanol–water partition coefficient (Wildman–Crippen LogP) is 2.70. The lowest BCUT2D eigenvalue weighted by Gasteiger charge is -2.10. The van der Waals surface area contributed by atoms with E-state index in [2.05, 4.69) is 23.9 Å². The molecule has 0 spiro atoms.